The molecule has 4 rings (SSSR count). The van der Waals surface area contributed by atoms with Crippen molar-refractivity contribution in [1.82, 2.24) is 20.3 Å². The summed E-state index contributed by atoms with van der Waals surface area (Å²) in [6, 6.07) is 3.55. The molecule has 2 aromatic rings. The number of amides is 1. The lowest BCUT2D eigenvalue weighted by Crippen LogP contribution is -2.32. The molecule has 0 bridgehead atoms. The molecular weight excluding hydrogens is 296 g/mol. The summed E-state index contributed by atoms with van der Waals surface area (Å²) in [7, 11) is 0. The van der Waals surface area contributed by atoms with Crippen LogP contribution in [0.4, 0.5) is 0 Å². The highest BCUT2D eigenvalue weighted by atomic mass is 16.5. The first-order valence-corrected chi connectivity index (χ1v) is 8.02. The number of likely N-dealkylation sites (tertiary alicyclic amines) is 1. The minimum Gasteiger partial charge on any atom is -0.471 e. The second-order valence-corrected chi connectivity index (χ2v) is 5.98. The third-order valence-electron chi connectivity index (χ3n) is 4.42. The fourth-order valence-corrected chi connectivity index (χ4v) is 3.23. The number of carbonyl (C=O) groups is 1. The van der Waals surface area contributed by atoms with E-state index in [2.05, 4.69) is 15.4 Å². The van der Waals surface area contributed by atoms with E-state index in [0.29, 0.717) is 24.7 Å². The number of nitrogens with zero attached hydrogens (tertiary/aromatic N) is 4. The van der Waals surface area contributed by atoms with Gasteiger partial charge in [0.05, 0.1) is 6.54 Å². The maximum absolute atomic E-state index is 12.7. The molecule has 1 aliphatic carbocycles. The second-order valence-electron chi connectivity index (χ2n) is 5.98. The third kappa shape index (κ3) is 2.78. The minimum atomic E-state index is -0.0571. The number of fused-ring (bicyclic) bond motifs is 1. The molecule has 1 aliphatic heterocycles. The van der Waals surface area contributed by atoms with E-state index in [1.54, 1.807) is 23.2 Å². The highest BCUT2D eigenvalue weighted by Gasteiger charge is 2.33. The summed E-state index contributed by atoms with van der Waals surface area (Å²) in [6.07, 6.45) is 6.29. The predicted molar refractivity (Wildman–Crippen MR) is 80.1 cm³/mol. The Morgan fingerprint density at radius 3 is 3.13 bits per heavy atom. The van der Waals surface area contributed by atoms with Crippen LogP contribution in [0.1, 0.15) is 41.1 Å². The van der Waals surface area contributed by atoms with E-state index in [9.17, 15) is 4.79 Å². The third-order valence-corrected chi connectivity index (χ3v) is 4.42. The Hall–Kier alpha value is -2.44. The molecule has 3 heterocycles. The first-order chi connectivity index (χ1) is 11.3. The highest BCUT2D eigenvalue weighted by Crippen LogP contribution is 2.26. The van der Waals surface area contributed by atoms with Gasteiger partial charge in [-0.25, -0.2) is 0 Å². The molecule has 0 unspecified atom stereocenters. The normalized spacial score (nSPS) is 20.3. The minimum absolute atomic E-state index is 0.0536. The fourth-order valence-electron chi connectivity index (χ4n) is 3.23. The van der Waals surface area contributed by atoms with E-state index in [4.69, 9.17) is 9.26 Å². The zero-order valence-electron chi connectivity index (χ0n) is 12.8. The molecule has 0 saturated carbocycles. The van der Waals surface area contributed by atoms with Gasteiger partial charge in [-0.15, -0.1) is 5.10 Å². The van der Waals surface area contributed by atoms with Crippen LogP contribution in [0, 0.1) is 0 Å². The molecule has 0 radical (unpaired) electrons. The van der Waals surface area contributed by atoms with Crippen molar-refractivity contribution in [3.8, 4) is 5.88 Å². The van der Waals surface area contributed by atoms with Crippen LogP contribution in [-0.4, -0.2) is 45.4 Å². The standard InChI is InChI=1S/C16H18N4O3/c21-16(15-12-4-1-2-5-13(12)23-19-15)20-9-7-11(10-20)22-14-6-3-8-17-18-14/h3,6,8,11H,1-2,4-5,7,9-10H2/t11-/m0/s1. The number of ether oxygens (including phenoxy) is 1. The van der Waals surface area contributed by atoms with Gasteiger partial charge in [0.25, 0.3) is 5.91 Å². The molecule has 0 N–H and O–H groups in total. The Morgan fingerprint density at radius 1 is 1.35 bits per heavy atom. The Labute approximate surface area is 133 Å². The number of hydrogen-bond donors (Lipinski definition) is 0. The second kappa shape index (κ2) is 5.98. The van der Waals surface area contributed by atoms with Crippen LogP contribution in [0.2, 0.25) is 0 Å². The van der Waals surface area contributed by atoms with Crippen molar-refractivity contribution >= 4 is 5.91 Å². The number of rotatable bonds is 3. The van der Waals surface area contributed by atoms with Gasteiger partial charge in [0.2, 0.25) is 5.88 Å². The van der Waals surface area contributed by atoms with Gasteiger partial charge >= 0.3 is 0 Å². The van der Waals surface area contributed by atoms with Crippen LogP contribution in [0.15, 0.2) is 22.9 Å². The van der Waals surface area contributed by atoms with Gasteiger partial charge in [-0.1, -0.05) is 5.16 Å². The number of hydrogen-bond acceptors (Lipinski definition) is 6. The average Bonchev–Trinajstić information content (AvgIpc) is 3.22. The van der Waals surface area contributed by atoms with Gasteiger partial charge < -0.3 is 14.2 Å². The monoisotopic (exact) mass is 314 g/mol. The summed E-state index contributed by atoms with van der Waals surface area (Å²) in [4.78, 5) is 14.5. The van der Waals surface area contributed by atoms with Crippen molar-refractivity contribution < 1.29 is 14.1 Å². The van der Waals surface area contributed by atoms with Crippen LogP contribution >= 0.6 is 0 Å². The Kier molecular flexibility index (Phi) is 3.69. The number of aryl methyl sites for hydroxylation is 1. The van der Waals surface area contributed by atoms with E-state index in [-0.39, 0.29) is 12.0 Å². The number of carbonyl (C=O) groups excluding carboxylic acids is 1. The molecule has 2 aliphatic rings. The topological polar surface area (TPSA) is 81.4 Å². The van der Waals surface area contributed by atoms with Gasteiger partial charge in [-0.2, -0.15) is 5.10 Å². The maximum atomic E-state index is 12.7. The largest absolute Gasteiger partial charge is 0.471 e. The van der Waals surface area contributed by atoms with Crippen molar-refractivity contribution in [2.24, 2.45) is 0 Å². The van der Waals surface area contributed by atoms with Gasteiger partial charge in [0, 0.05) is 37.2 Å². The zero-order valence-corrected chi connectivity index (χ0v) is 12.8. The molecule has 0 spiro atoms. The van der Waals surface area contributed by atoms with E-state index in [1.807, 2.05) is 0 Å². The first-order valence-electron chi connectivity index (χ1n) is 8.02. The van der Waals surface area contributed by atoms with Gasteiger partial charge in [0.1, 0.15) is 11.9 Å². The molecule has 7 heteroatoms. The summed E-state index contributed by atoms with van der Waals surface area (Å²) < 4.78 is 11.1. The SMILES string of the molecule is O=C(c1noc2c1CCCC2)N1CC[C@H](Oc2cccnn2)C1. The molecule has 1 amide bonds. The summed E-state index contributed by atoms with van der Waals surface area (Å²) >= 11 is 0. The van der Waals surface area contributed by atoms with Gasteiger partial charge in [-0.3, -0.25) is 4.79 Å². The summed E-state index contributed by atoms with van der Waals surface area (Å²) in [6.45, 7) is 1.20. The quantitative estimate of drug-likeness (QED) is 0.856. The lowest BCUT2D eigenvalue weighted by atomic mass is 9.96. The number of aromatic nitrogens is 3. The van der Waals surface area contributed by atoms with Crippen molar-refractivity contribution in [2.45, 2.75) is 38.2 Å². The van der Waals surface area contributed by atoms with Crippen molar-refractivity contribution in [1.29, 1.82) is 0 Å². The lowest BCUT2D eigenvalue weighted by Gasteiger charge is -2.16. The van der Waals surface area contributed by atoms with E-state index < -0.39 is 0 Å². The summed E-state index contributed by atoms with van der Waals surface area (Å²) in [5, 5.41) is 11.7. The van der Waals surface area contributed by atoms with Crippen molar-refractivity contribution in [3.05, 3.63) is 35.3 Å². The summed E-state index contributed by atoms with van der Waals surface area (Å²) in [5.74, 6) is 1.32. The molecule has 1 fully saturated rings. The molecule has 7 nitrogen and oxygen atoms in total. The molecule has 0 aromatic carbocycles. The molecule has 1 saturated heterocycles. The summed E-state index contributed by atoms with van der Waals surface area (Å²) in [5.41, 5.74) is 1.49. The zero-order chi connectivity index (χ0) is 15.6. The van der Waals surface area contributed by atoms with Gasteiger partial charge in [-0.05, 0) is 25.3 Å². The van der Waals surface area contributed by atoms with Gasteiger partial charge in [0.15, 0.2) is 5.69 Å². The lowest BCUT2D eigenvalue weighted by molar-refractivity contribution is 0.0759. The van der Waals surface area contributed by atoms with E-state index in [1.165, 1.54) is 0 Å². The van der Waals surface area contributed by atoms with Crippen LogP contribution in [-0.2, 0) is 12.8 Å². The first kappa shape index (κ1) is 14.2. The fraction of sp³-hybridized carbons (Fsp3) is 0.500. The smallest absolute Gasteiger partial charge is 0.276 e. The van der Waals surface area contributed by atoms with E-state index >= 15 is 0 Å². The van der Waals surface area contributed by atoms with Crippen molar-refractivity contribution in [2.75, 3.05) is 13.1 Å². The molecular formula is C16H18N4O3. The predicted octanol–water partition coefficient (Wildman–Crippen LogP) is 1.64. The average molecular weight is 314 g/mol. The highest BCUT2D eigenvalue weighted by molar-refractivity contribution is 5.94. The van der Waals surface area contributed by atoms with E-state index in [0.717, 1.165) is 43.4 Å². The Morgan fingerprint density at radius 2 is 2.26 bits per heavy atom. The molecule has 2 aromatic heterocycles. The van der Waals surface area contributed by atoms with Crippen molar-refractivity contribution in [3.63, 3.8) is 0 Å². The molecule has 120 valence electrons. The van der Waals surface area contributed by atoms with Crippen LogP contribution < -0.4 is 4.74 Å². The van der Waals surface area contributed by atoms with Crippen LogP contribution in [0.5, 0.6) is 5.88 Å². The Balaban J connectivity index is 1.43. The van der Waals surface area contributed by atoms with Crippen LogP contribution in [0.25, 0.3) is 0 Å². The molecule has 23 heavy (non-hydrogen) atoms. The van der Waals surface area contributed by atoms with Crippen LogP contribution in [0.3, 0.4) is 0 Å². The Bertz CT molecular complexity index is 701. The maximum Gasteiger partial charge on any atom is 0.276 e. The molecule has 1 atom stereocenters.